The van der Waals surface area contributed by atoms with Crippen molar-refractivity contribution in [3.63, 3.8) is 0 Å². The number of rotatable bonds is 4. The van der Waals surface area contributed by atoms with Crippen molar-refractivity contribution in [3.05, 3.63) is 17.5 Å². The smallest absolute Gasteiger partial charge is 0.0537 e. The van der Waals surface area contributed by atoms with E-state index in [0.29, 0.717) is 0 Å². The number of aromatic nitrogens is 2. The Labute approximate surface area is 98.2 Å². The van der Waals surface area contributed by atoms with Crippen molar-refractivity contribution in [2.75, 3.05) is 6.54 Å². The average molecular weight is 221 g/mol. The number of hydrogen-bond donors (Lipinski definition) is 1. The van der Waals surface area contributed by atoms with Gasteiger partial charge in [-0.05, 0) is 38.1 Å². The second-order valence-electron chi connectivity index (χ2n) is 5.29. The highest BCUT2D eigenvalue weighted by Crippen LogP contribution is 2.29. The van der Waals surface area contributed by atoms with Gasteiger partial charge < -0.3 is 5.32 Å². The molecule has 2 unspecified atom stereocenters. The van der Waals surface area contributed by atoms with E-state index >= 15 is 0 Å². The first-order valence-corrected chi connectivity index (χ1v) is 6.35. The maximum atomic E-state index is 4.26. The molecule has 1 aliphatic carbocycles. The maximum absolute atomic E-state index is 4.26. The molecule has 3 heteroatoms. The van der Waals surface area contributed by atoms with E-state index in [-0.39, 0.29) is 0 Å². The molecule has 1 fully saturated rings. The van der Waals surface area contributed by atoms with Gasteiger partial charge in [0.05, 0.1) is 6.20 Å². The third-order valence-electron chi connectivity index (χ3n) is 3.89. The van der Waals surface area contributed by atoms with Crippen molar-refractivity contribution in [1.82, 2.24) is 15.1 Å². The lowest BCUT2D eigenvalue weighted by Gasteiger charge is -2.10. The van der Waals surface area contributed by atoms with Crippen molar-refractivity contribution in [1.29, 1.82) is 0 Å². The minimum atomic E-state index is 0.895. The highest BCUT2D eigenvalue weighted by molar-refractivity contribution is 5.15. The zero-order valence-corrected chi connectivity index (χ0v) is 10.7. The molecule has 2 rings (SSSR count). The fourth-order valence-electron chi connectivity index (χ4n) is 2.64. The molecule has 1 aromatic heterocycles. The van der Waals surface area contributed by atoms with Crippen LogP contribution in [0.5, 0.6) is 0 Å². The zero-order valence-electron chi connectivity index (χ0n) is 10.7. The zero-order chi connectivity index (χ0) is 11.5. The number of nitrogens with zero attached hydrogens (tertiary/aromatic N) is 2. The van der Waals surface area contributed by atoms with Crippen LogP contribution in [0.1, 0.15) is 37.4 Å². The Morgan fingerprint density at radius 3 is 2.88 bits per heavy atom. The van der Waals surface area contributed by atoms with E-state index in [9.17, 15) is 0 Å². The molecule has 0 radical (unpaired) electrons. The normalized spacial score (nSPS) is 25.2. The van der Waals surface area contributed by atoms with Crippen LogP contribution < -0.4 is 5.32 Å². The monoisotopic (exact) mass is 221 g/mol. The van der Waals surface area contributed by atoms with Crippen molar-refractivity contribution in [2.24, 2.45) is 18.9 Å². The van der Waals surface area contributed by atoms with Crippen LogP contribution in [0.4, 0.5) is 0 Å². The SMILES string of the molecule is Cc1c(CNCC2CCC(C)C2)cnn1C. The summed E-state index contributed by atoms with van der Waals surface area (Å²) in [6.07, 6.45) is 6.19. The standard InChI is InChI=1S/C13H23N3/c1-10-4-5-12(6-10)7-14-8-13-9-15-16(3)11(13)2/h9-10,12,14H,4-8H2,1-3H3. The average Bonchev–Trinajstić information content (AvgIpc) is 2.79. The summed E-state index contributed by atoms with van der Waals surface area (Å²) in [5.41, 5.74) is 2.60. The van der Waals surface area contributed by atoms with Gasteiger partial charge in [-0.15, -0.1) is 0 Å². The molecule has 16 heavy (non-hydrogen) atoms. The summed E-state index contributed by atoms with van der Waals surface area (Å²) in [7, 11) is 2.00. The third-order valence-corrected chi connectivity index (χ3v) is 3.89. The van der Waals surface area contributed by atoms with Gasteiger partial charge in [-0.25, -0.2) is 0 Å². The Hall–Kier alpha value is -0.830. The second kappa shape index (κ2) is 5.00. The second-order valence-corrected chi connectivity index (χ2v) is 5.29. The van der Waals surface area contributed by atoms with E-state index in [0.717, 1.165) is 18.4 Å². The van der Waals surface area contributed by atoms with Crippen molar-refractivity contribution >= 4 is 0 Å². The molecule has 2 atom stereocenters. The summed E-state index contributed by atoms with van der Waals surface area (Å²) in [4.78, 5) is 0. The van der Waals surface area contributed by atoms with E-state index in [1.165, 1.54) is 37.1 Å². The highest BCUT2D eigenvalue weighted by Gasteiger charge is 2.20. The topological polar surface area (TPSA) is 29.9 Å². The minimum Gasteiger partial charge on any atom is -0.312 e. The molecule has 90 valence electrons. The van der Waals surface area contributed by atoms with E-state index < -0.39 is 0 Å². The molecule has 1 heterocycles. The summed E-state index contributed by atoms with van der Waals surface area (Å²) < 4.78 is 1.94. The van der Waals surface area contributed by atoms with Crippen LogP contribution in [0, 0.1) is 18.8 Å². The maximum Gasteiger partial charge on any atom is 0.0537 e. The summed E-state index contributed by atoms with van der Waals surface area (Å²) >= 11 is 0. The Morgan fingerprint density at radius 1 is 1.50 bits per heavy atom. The number of nitrogens with one attached hydrogen (secondary N) is 1. The lowest BCUT2D eigenvalue weighted by Crippen LogP contribution is -2.21. The van der Waals surface area contributed by atoms with Crippen molar-refractivity contribution in [3.8, 4) is 0 Å². The van der Waals surface area contributed by atoms with Crippen LogP contribution in [0.25, 0.3) is 0 Å². The predicted molar refractivity (Wildman–Crippen MR) is 66.2 cm³/mol. The Balaban J connectivity index is 1.74. The van der Waals surface area contributed by atoms with Crippen LogP contribution in [-0.4, -0.2) is 16.3 Å². The van der Waals surface area contributed by atoms with E-state index in [1.807, 2.05) is 17.9 Å². The van der Waals surface area contributed by atoms with E-state index in [2.05, 4.69) is 24.3 Å². The molecule has 0 aliphatic heterocycles. The highest BCUT2D eigenvalue weighted by atomic mass is 15.3. The van der Waals surface area contributed by atoms with Crippen LogP contribution in [0.3, 0.4) is 0 Å². The fraction of sp³-hybridized carbons (Fsp3) is 0.769. The van der Waals surface area contributed by atoms with Crippen molar-refractivity contribution in [2.45, 2.75) is 39.7 Å². The molecule has 0 aromatic carbocycles. The molecule has 3 nitrogen and oxygen atoms in total. The molecule has 1 aliphatic rings. The third kappa shape index (κ3) is 2.64. The molecule has 0 amide bonds. The first-order valence-electron chi connectivity index (χ1n) is 6.35. The van der Waals surface area contributed by atoms with Gasteiger partial charge in [0.2, 0.25) is 0 Å². The summed E-state index contributed by atoms with van der Waals surface area (Å²) in [6, 6.07) is 0. The summed E-state index contributed by atoms with van der Waals surface area (Å²) in [6.45, 7) is 6.62. The van der Waals surface area contributed by atoms with Gasteiger partial charge in [-0.1, -0.05) is 13.3 Å². The lowest BCUT2D eigenvalue weighted by atomic mass is 10.1. The number of aryl methyl sites for hydroxylation is 1. The van der Waals surface area contributed by atoms with E-state index in [4.69, 9.17) is 0 Å². The fourth-order valence-corrected chi connectivity index (χ4v) is 2.64. The van der Waals surface area contributed by atoms with Crippen LogP contribution >= 0.6 is 0 Å². The van der Waals surface area contributed by atoms with Gasteiger partial charge in [-0.2, -0.15) is 5.10 Å². The largest absolute Gasteiger partial charge is 0.312 e. The Kier molecular flexibility index (Phi) is 3.64. The number of hydrogen-bond acceptors (Lipinski definition) is 2. The quantitative estimate of drug-likeness (QED) is 0.845. The van der Waals surface area contributed by atoms with Gasteiger partial charge >= 0.3 is 0 Å². The predicted octanol–water partition coefficient (Wildman–Crippen LogP) is 2.25. The molecule has 0 bridgehead atoms. The molecule has 1 N–H and O–H groups in total. The molecule has 1 aromatic rings. The van der Waals surface area contributed by atoms with Gasteiger partial charge in [0, 0.05) is 24.8 Å². The molecule has 0 spiro atoms. The molecule has 1 saturated carbocycles. The lowest BCUT2D eigenvalue weighted by molar-refractivity contribution is 0.470. The van der Waals surface area contributed by atoms with Gasteiger partial charge in [-0.3, -0.25) is 4.68 Å². The first kappa shape index (κ1) is 11.6. The van der Waals surface area contributed by atoms with Gasteiger partial charge in [0.1, 0.15) is 0 Å². The van der Waals surface area contributed by atoms with Crippen LogP contribution in [0.15, 0.2) is 6.20 Å². The molecular formula is C13H23N3. The van der Waals surface area contributed by atoms with Crippen LogP contribution in [-0.2, 0) is 13.6 Å². The summed E-state index contributed by atoms with van der Waals surface area (Å²) in [5, 5.41) is 7.82. The van der Waals surface area contributed by atoms with Crippen LogP contribution in [0.2, 0.25) is 0 Å². The molecule has 0 saturated heterocycles. The summed E-state index contributed by atoms with van der Waals surface area (Å²) in [5.74, 6) is 1.83. The van der Waals surface area contributed by atoms with Gasteiger partial charge in [0.15, 0.2) is 0 Å². The Morgan fingerprint density at radius 2 is 2.31 bits per heavy atom. The van der Waals surface area contributed by atoms with Gasteiger partial charge in [0.25, 0.3) is 0 Å². The van der Waals surface area contributed by atoms with E-state index in [1.54, 1.807) is 0 Å². The minimum absolute atomic E-state index is 0.895. The first-order chi connectivity index (χ1) is 7.66. The Bertz CT molecular complexity index is 343. The van der Waals surface area contributed by atoms with Crippen molar-refractivity contribution < 1.29 is 0 Å². The molecular weight excluding hydrogens is 198 g/mol.